The molecule has 4 aromatic rings. The fraction of sp³-hybridized carbons (Fsp3) is 0.308. The molecule has 2 heterocycles. The molecule has 2 N–H and O–H groups in total. The third-order valence-electron chi connectivity index (χ3n) is 6.11. The molecule has 1 aliphatic rings. The number of methoxy groups -OCH3 is 1. The summed E-state index contributed by atoms with van der Waals surface area (Å²) in [6.45, 7) is 0.455. The summed E-state index contributed by atoms with van der Waals surface area (Å²) in [6.07, 6.45) is 5.19. The van der Waals surface area contributed by atoms with Gasteiger partial charge in [0.1, 0.15) is 12.4 Å². The van der Waals surface area contributed by atoms with Crippen LogP contribution in [0.4, 0.5) is 5.82 Å². The predicted octanol–water partition coefficient (Wildman–Crippen LogP) is 4.70. The lowest BCUT2D eigenvalue weighted by Gasteiger charge is -2.26. The van der Waals surface area contributed by atoms with E-state index in [9.17, 15) is 5.11 Å². The molecule has 7 nitrogen and oxygen atoms in total. The number of aliphatic hydroxyl groups is 1. The van der Waals surface area contributed by atoms with Crippen molar-refractivity contribution in [2.45, 2.75) is 44.4 Å². The molecule has 1 saturated carbocycles. The molecule has 0 bridgehead atoms. The lowest BCUT2D eigenvalue weighted by Crippen LogP contribution is -2.28. The van der Waals surface area contributed by atoms with Gasteiger partial charge in [-0.25, -0.2) is 9.50 Å². The van der Waals surface area contributed by atoms with Gasteiger partial charge in [0.05, 0.1) is 25.1 Å². The topological polar surface area (TPSA) is 80.9 Å². The highest BCUT2D eigenvalue weighted by atomic mass is 16.5. The summed E-state index contributed by atoms with van der Waals surface area (Å²) in [4.78, 5) is 4.53. The number of hydrogen-bond donors (Lipinski definition) is 2. The van der Waals surface area contributed by atoms with E-state index in [0.29, 0.717) is 24.1 Å². The molecular weight excluding hydrogens is 416 g/mol. The van der Waals surface area contributed by atoms with Crippen LogP contribution in [0.1, 0.15) is 31.2 Å². The van der Waals surface area contributed by atoms with Gasteiger partial charge in [-0.15, -0.1) is 5.10 Å². The summed E-state index contributed by atoms with van der Waals surface area (Å²) in [7, 11) is 1.64. The molecule has 2 aromatic carbocycles. The first-order valence-corrected chi connectivity index (χ1v) is 11.3. The number of fused-ring (bicyclic) bond motifs is 1. The fourth-order valence-electron chi connectivity index (χ4n) is 4.26. The second-order valence-corrected chi connectivity index (χ2v) is 8.42. The highest BCUT2D eigenvalue weighted by Crippen LogP contribution is 2.33. The minimum atomic E-state index is -0.174. The van der Waals surface area contributed by atoms with Crippen LogP contribution in [0, 0.1) is 0 Å². The van der Waals surface area contributed by atoms with Crippen LogP contribution in [0.5, 0.6) is 11.5 Å². The summed E-state index contributed by atoms with van der Waals surface area (Å²) < 4.78 is 13.5. The van der Waals surface area contributed by atoms with Crippen molar-refractivity contribution in [1.82, 2.24) is 14.6 Å². The second-order valence-electron chi connectivity index (χ2n) is 8.42. The number of rotatable bonds is 7. The Kier molecular flexibility index (Phi) is 6.13. The van der Waals surface area contributed by atoms with Gasteiger partial charge in [-0.2, -0.15) is 0 Å². The Bertz CT molecular complexity index is 1220. The van der Waals surface area contributed by atoms with E-state index in [-0.39, 0.29) is 6.10 Å². The van der Waals surface area contributed by atoms with E-state index in [4.69, 9.17) is 14.6 Å². The Morgan fingerprint density at radius 3 is 2.61 bits per heavy atom. The summed E-state index contributed by atoms with van der Waals surface area (Å²) in [6, 6.07) is 20.2. The molecule has 0 aliphatic heterocycles. The standard InChI is InChI=1S/C26H28N4O3/c1-32-23-12-7-19(15-24(23)33-17-18-5-3-2-4-6-18)22-16-27-26-14-13-25(29-30(22)26)28-20-8-10-21(31)11-9-20/h2-7,12-16,20-21,31H,8-11,17H2,1H3,(H,28,29). The number of nitrogens with zero attached hydrogens (tertiary/aromatic N) is 3. The molecule has 0 saturated heterocycles. The number of aromatic nitrogens is 3. The van der Waals surface area contributed by atoms with E-state index in [1.165, 1.54) is 0 Å². The Morgan fingerprint density at radius 1 is 1.00 bits per heavy atom. The summed E-state index contributed by atoms with van der Waals surface area (Å²) in [5, 5.41) is 18.1. The Labute approximate surface area is 193 Å². The summed E-state index contributed by atoms with van der Waals surface area (Å²) in [5.41, 5.74) is 3.68. The molecule has 7 heteroatoms. The van der Waals surface area contributed by atoms with Crippen LogP contribution in [0.25, 0.3) is 16.9 Å². The van der Waals surface area contributed by atoms with Crippen LogP contribution in [-0.2, 0) is 6.61 Å². The Morgan fingerprint density at radius 2 is 1.82 bits per heavy atom. The zero-order valence-electron chi connectivity index (χ0n) is 18.6. The lowest BCUT2D eigenvalue weighted by atomic mass is 9.93. The minimum Gasteiger partial charge on any atom is -0.493 e. The number of benzene rings is 2. The van der Waals surface area contributed by atoms with Crippen LogP contribution in [-0.4, -0.2) is 39.0 Å². The molecule has 0 amide bonds. The van der Waals surface area contributed by atoms with Crippen LogP contribution in [0.2, 0.25) is 0 Å². The maximum absolute atomic E-state index is 9.76. The van der Waals surface area contributed by atoms with Gasteiger partial charge in [-0.3, -0.25) is 0 Å². The van der Waals surface area contributed by atoms with Crippen LogP contribution in [0.3, 0.4) is 0 Å². The normalized spacial score (nSPS) is 18.2. The number of nitrogens with one attached hydrogen (secondary N) is 1. The van der Waals surface area contributed by atoms with Gasteiger partial charge >= 0.3 is 0 Å². The van der Waals surface area contributed by atoms with Crippen molar-refractivity contribution in [3.05, 3.63) is 72.4 Å². The molecular formula is C26H28N4O3. The minimum absolute atomic E-state index is 0.174. The number of ether oxygens (including phenoxy) is 2. The summed E-state index contributed by atoms with van der Waals surface area (Å²) >= 11 is 0. The number of hydrogen-bond acceptors (Lipinski definition) is 6. The maximum Gasteiger partial charge on any atom is 0.162 e. The van der Waals surface area contributed by atoms with Gasteiger partial charge in [0.15, 0.2) is 17.1 Å². The smallest absolute Gasteiger partial charge is 0.162 e. The van der Waals surface area contributed by atoms with Gasteiger partial charge in [0.2, 0.25) is 0 Å². The van der Waals surface area contributed by atoms with Crippen LogP contribution in [0.15, 0.2) is 66.9 Å². The van der Waals surface area contributed by atoms with E-state index in [0.717, 1.165) is 54.0 Å². The first kappa shape index (κ1) is 21.3. The molecule has 5 rings (SSSR count). The number of anilines is 1. The molecule has 170 valence electrons. The van der Waals surface area contributed by atoms with E-state index in [2.05, 4.69) is 10.3 Å². The largest absolute Gasteiger partial charge is 0.493 e. The van der Waals surface area contributed by atoms with Crippen molar-refractivity contribution in [2.24, 2.45) is 0 Å². The molecule has 0 spiro atoms. The SMILES string of the molecule is COc1ccc(-c2cnc3ccc(NC4CCC(O)CC4)nn23)cc1OCc1ccccc1. The average Bonchev–Trinajstić information content (AvgIpc) is 3.28. The van der Waals surface area contributed by atoms with Gasteiger partial charge in [-0.05, 0) is 61.6 Å². The monoisotopic (exact) mass is 444 g/mol. The summed E-state index contributed by atoms with van der Waals surface area (Å²) in [5.74, 6) is 2.15. The highest BCUT2D eigenvalue weighted by molar-refractivity contribution is 5.67. The van der Waals surface area contributed by atoms with Crippen LogP contribution < -0.4 is 14.8 Å². The van der Waals surface area contributed by atoms with Gasteiger partial charge in [0, 0.05) is 11.6 Å². The van der Waals surface area contributed by atoms with Crippen LogP contribution >= 0.6 is 0 Å². The first-order valence-electron chi connectivity index (χ1n) is 11.3. The third-order valence-corrected chi connectivity index (χ3v) is 6.11. The second kappa shape index (κ2) is 9.50. The molecule has 1 aliphatic carbocycles. The quantitative estimate of drug-likeness (QED) is 0.430. The van der Waals surface area contributed by atoms with Crippen molar-refractivity contribution in [1.29, 1.82) is 0 Å². The predicted molar refractivity (Wildman–Crippen MR) is 128 cm³/mol. The molecule has 0 radical (unpaired) electrons. The first-order chi connectivity index (χ1) is 16.2. The Hall–Kier alpha value is -3.58. The molecule has 1 fully saturated rings. The fourth-order valence-corrected chi connectivity index (χ4v) is 4.26. The average molecular weight is 445 g/mol. The number of aliphatic hydroxyl groups excluding tert-OH is 1. The van der Waals surface area contributed by atoms with Gasteiger partial charge in [0.25, 0.3) is 0 Å². The maximum atomic E-state index is 9.76. The zero-order chi connectivity index (χ0) is 22.6. The third kappa shape index (κ3) is 4.78. The molecule has 2 aromatic heterocycles. The van der Waals surface area contributed by atoms with Crippen molar-refractivity contribution >= 4 is 11.5 Å². The van der Waals surface area contributed by atoms with Crippen molar-refractivity contribution in [3.63, 3.8) is 0 Å². The molecule has 33 heavy (non-hydrogen) atoms. The number of imidazole rings is 1. The van der Waals surface area contributed by atoms with Crippen molar-refractivity contribution < 1.29 is 14.6 Å². The van der Waals surface area contributed by atoms with Gasteiger partial charge in [-0.1, -0.05) is 30.3 Å². The van der Waals surface area contributed by atoms with E-state index < -0.39 is 0 Å². The molecule has 0 unspecified atom stereocenters. The molecule has 0 atom stereocenters. The van der Waals surface area contributed by atoms with E-state index in [1.54, 1.807) is 7.11 Å². The van der Waals surface area contributed by atoms with E-state index in [1.807, 2.05) is 71.4 Å². The van der Waals surface area contributed by atoms with Gasteiger partial charge < -0.3 is 19.9 Å². The van der Waals surface area contributed by atoms with Crippen molar-refractivity contribution in [3.8, 4) is 22.8 Å². The zero-order valence-corrected chi connectivity index (χ0v) is 18.6. The Balaban J connectivity index is 1.40. The highest BCUT2D eigenvalue weighted by Gasteiger charge is 2.20. The van der Waals surface area contributed by atoms with Crippen molar-refractivity contribution in [2.75, 3.05) is 12.4 Å². The van der Waals surface area contributed by atoms with E-state index >= 15 is 0 Å². The lowest BCUT2D eigenvalue weighted by molar-refractivity contribution is 0.126.